The first-order valence-electron chi connectivity index (χ1n) is 8.04. The number of ether oxygens (including phenoxy) is 2. The summed E-state index contributed by atoms with van der Waals surface area (Å²) < 4.78 is 10.6. The molecule has 3 rings (SSSR count). The number of amides is 1. The van der Waals surface area contributed by atoms with E-state index in [0.29, 0.717) is 11.4 Å². The summed E-state index contributed by atoms with van der Waals surface area (Å²) in [7, 11) is 0. The molecule has 0 unspecified atom stereocenters. The molecule has 2 aromatic carbocycles. The molecule has 1 heterocycles. The molecule has 1 N–H and O–H groups in total. The fourth-order valence-corrected chi connectivity index (χ4v) is 2.59. The van der Waals surface area contributed by atoms with E-state index >= 15 is 0 Å². The molecule has 1 amide bonds. The molecule has 0 saturated heterocycles. The highest BCUT2D eigenvalue weighted by Gasteiger charge is 2.27. The number of aliphatic carboxylic acids is 1. The quantitative estimate of drug-likeness (QED) is 0.799. The van der Waals surface area contributed by atoms with Gasteiger partial charge in [-0.25, -0.2) is 4.79 Å². The van der Waals surface area contributed by atoms with Crippen molar-refractivity contribution in [1.82, 2.24) is 0 Å². The highest BCUT2D eigenvalue weighted by atomic mass is 16.5. The molecule has 0 radical (unpaired) electrons. The Morgan fingerprint density at radius 3 is 2.65 bits per heavy atom. The highest BCUT2D eigenvalue weighted by Crippen LogP contribution is 2.33. The van der Waals surface area contributed by atoms with E-state index in [1.54, 1.807) is 12.1 Å². The lowest BCUT2D eigenvalue weighted by atomic mass is 10.1. The fourth-order valence-electron chi connectivity index (χ4n) is 2.59. The fraction of sp³-hybridized carbons (Fsp3) is 0.211. The van der Waals surface area contributed by atoms with Gasteiger partial charge in [0.1, 0.15) is 12.4 Å². The number of esters is 1. The third-order valence-electron chi connectivity index (χ3n) is 3.90. The van der Waals surface area contributed by atoms with Crippen molar-refractivity contribution in [2.24, 2.45) is 0 Å². The second-order valence-electron chi connectivity index (χ2n) is 5.72. The van der Waals surface area contributed by atoms with Gasteiger partial charge in [0.2, 0.25) is 0 Å². The van der Waals surface area contributed by atoms with E-state index < -0.39 is 11.9 Å². The predicted molar refractivity (Wildman–Crippen MR) is 92.1 cm³/mol. The van der Waals surface area contributed by atoms with E-state index in [0.717, 1.165) is 5.56 Å². The molecule has 7 heteroatoms. The summed E-state index contributed by atoms with van der Waals surface area (Å²) in [6.45, 7) is -0.0214. The van der Waals surface area contributed by atoms with Crippen LogP contribution in [0.2, 0.25) is 0 Å². The molecular weight excluding hydrogens is 338 g/mol. The maximum Gasteiger partial charge on any atom is 0.338 e. The molecule has 0 aliphatic carbocycles. The Morgan fingerprint density at radius 2 is 1.92 bits per heavy atom. The second-order valence-corrected chi connectivity index (χ2v) is 5.72. The first-order chi connectivity index (χ1) is 12.5. The number of rotatable bonds is 6. The third-order valence-corrected chi connectivity index (χ3v) is 3.90. The van der Waals surface area contributed by atoms with Gasteiger partial charge in [0.25, 0.3) is 5.91 Å². The van der Waals surface area contributed by atoms with Crippen molar-refractivity contribution in [3.63, 3.8) is 0 Å². The van der Waals surface area contributed by atoms with Gasteiger partial charge in [-0.15, -0.1) is 0 Å². The topological polar surface area (TPSA) is 93.1 Å². The molecule has 0 fully saturated rings. The average molecular weight is 355 g/mol. The third kappa shape index (κ3) is 4.00. The van der Waals surface area contributed by atoms with E-state index in [1.807, 2.05) is 30.3 Å². The van der Waals surface area contributed by atoms with Crippen LogP contribution < -0.4 is 9.64 Å². The van der Waals surface area contributed by atoms with Gasteiger partial charge in [-0.3, -0.25) is 9.59 Å². The maximum absolute atomic E-state index is 12.3. The summed E-state index contributed by atoms with van der Waals surface area (Å²) >= 11 is 0. The van der Waals surface area contributed by atoms with E-state index in [1.165, 1.54) is 11.0 Å². The monoisotopic (exact) mass is 355 g/mol. The van der Waals surface area contributed by atoms with Gasteiger partial charge >= 0.3 is 11.9 Å². The smallest absolute Gasteiger partial charge is 0.338 e. The first kappa shape index (κ1) is 17.5. The Labute approximate surface area is 149 Å². The SMILES string of the molecule is O=C(O)CCN1C(=O)COc2ccc(C(=O)OCc3ccccc3)cc21. The van der Waals surface area contributed by atoms with Crippen LogP contribution in [0.15, 0.2) is 48.5 Å². The van der Waals surface area contributed by atoms with Crippen molar-refractivity contribution in [2.45, 2.75) is 13.0 Å². The Kier molecular flexibility index (Phi) is 5.17. The van der Waals surface area contributed by atoms with Crippen LogP contribution >= 0.6 is 0 Å². The molecule has 0 spiro atoms. The minimum atomic E-state index is -1.01. The van der Waals surface area contributed by atoms with Crippen molar-refractivity contribution in [2.75, 3.05) is 18.1 Å². The number of anilines is 1. The average Bonchev–Trinajstić information content (AvgIpc) is 2.65. The summed E-state index contributed by atoms with van der Waals surface area (Å²) in [6, 6.07) is 13.9. The van der Waals surface area contributed by atoms with Crippen LogP contribution in [-0.4, -0.2) is 36.1 Å². The van der Waals surface area contributed by atoms with Gasteiger partial charge < -0.3 is 19.5 Å². The van der Waals surface area contributed by atoms with Gasteiger partial charge in [-0.2, -0.15) is 0 Å². The number of benzene rings is 2. The lowest BCUT2D eigenvalue weighted by Gasteiger charge is -2.29. The predicted octanol–water partition coefficient (Wildman–Crippen LogP) is 2.24. The normalized spacial score (nSPS) is 12.9. The lowest BCUT2D eigenvalue weighted by Crippen LogP contribution is -2.40. The standard InChI is InChI=1S/C19H17NO6/c21-17-12-25-16-7-6-14(10-15(16)20(17)9-8-18(22)23)19(24)26-11-13-4-2-1-3-5-13/h1-7,10H,8-9,11-12H2,(H,22,23). The summed E-state index contributed by atoms with van der Waals surface area (Å²) in [4.78, 5) is 36.5. The molecule has 0 atom stereocenters. The van der Waals surface area contributed by atoms with Crippen LogP contribution in [-0.2, 0) is 20.9 Å². The zero-order chi connectivity index (χ0) is 18.5. The van der Waals surface area contributed by atoms with E-state index in [9.17, 15) is 14.4 Å². The molecule has 1 aliphatic heterocycles. The molecule has 7 nitrogen and oxygen atoms in total. The van der Waals surface area contributed by atoms with Crippen molar-refractivity contribution in [1.29, 1.82) is 0 Å². The molecule has 0 bridgehead atoms. The summed E-state index contributed by atoms with van der Waals surface area (Å²) in [6.07, 6.45) is -0.201. The van der Waals surface area contributed by atoms with Crippen molar-refractivity contribution >= 4 is 23.5 Å². The highest BCUT2D eigenvalue weighted by molar-refractivity contribution is 6.00. The van der Waals surface area contributed by atoms with Crippen LogP contribution in [0.5, 0.6) is 5.75 Å². The summed E-state index contributed by atoms with van der Waals surface area (Å²) in [5.41, 5.74) is 1.50. The number of carbonyl (C=O) groups excluding carboxylic acids is 2. The van der Waals surface area contributed by atoms with Crippen LogP contribution in [0.1, 0.15) is 22.3 Å². The lowest BCUT2D eigenvalue weighted by molar-refractivity contribution is -0.136. The summed E-state index contributed by atoms with van der Waals surface area (Å²) in [5, 5.41) is 8.86. The molecule has 26 heavy (non-hydrogen) atoms. The van der Waals surface area contributed by atoms with Crippen LogP contribution in [0.25, 0.3) is 0 Å². The number of nitrogens with zero attached hydrogens (tertiary/aromatic N) is 1. The molecule has 1 aliphatic rings. The van der Waals surface area contributed by atoms with Crippen LogP contribution in [0.4, 0.5) is 5.69 Å². The van der Waals surface area contributed by atoms with Crippen LogP contribution in [0.3, 0.4) is 0 Å². The largest absolute Gasteiger partial charge is 0.482 e. The molecule has 0 aromatic heterocycles. The minimum Gasteiger partial charge on any atom is -0.482 e. The number of carbonyl (C=O) groups is 3. The van der Waals surface area contributed by atoms with Crippen molar-refractivity contribution < 1.29 is 29.0 Å². The minimum absolute atomic E-state index is 0.00699. The van der Waals surface area contributed by atoms with Gasteiger partial charge in [0, 0.05) is 6.54 Å². The number of carboxylic acid groups (broad SMARTS) is 1. The van der Waals surface area contributed by atoms with Gasteiger partial charge in [0.15, 0.2) is 6.61 Å². The zero-order valence-electron chi connectivity index (χ0n) is 13.9. The Hall–Kier alpha value is -3.35. The Bertz CT molecular complexity index is 833. The second kappa shape index (κ2) is 7.69. The number of fused-ring (bicyclic) bond motifs is 1. The Balaban J connectivity index is 1.76. The molecular formula is C19H17NO6. The van der Waals surface area contributed by atoms with Gasteiger partial charge in [-0.05, 0) is 23.8 Å². The molecule has 134 valence electrons. The van der Waals surface area contributed by atoms with Gasteiger partial charge in [0.05, 0.1) is 17.7 Å². The number of hydrogen-bond acceptors (Lipinski definition) is 5. The van der Waals surface area contributed by atoms with Crippen LogP contribution in [0, 0.1) is 0 Å². The van der Waals surface area contributed by atoms with Crippen molar-refractivity contribution in [3.05, 3.63) is 59.7 Å². The van der Waals surface area contributed by atoms with Crippen molar-refractivity contribution in [3.8, 4) is 5.75 Å². The molecule has 0 saturated carbocycles. The van der Waals surface area contributed by atoms with E-state index in [4.69, 9.17) is 14.6 Å². The Morgan fingerprint density at radius 1 is 1.15 bits per heavy atom. The van der Waals surface area contributed by atoms with E-state index in [2.05, 4.69) is 0 Å². The molecule has 2 aromatic rings. The number of hydrogen-bond donors (Lipinski definition) is 1. The first-order valence-corrected chi connectivity index (χ1v) is 8.04. The zero-order valence-corrected chi connectivity index (χ0v) is 13.9. The van der Waals surface area contributed by atoms with Gasteiger partial charge in [-0.1, -0.05) is 30.3 Å². The maximum atomic E-state index is 12.3. The summed E-state index contributed by atoms with van der Waals surface area (Å²) in [5.74, 6) is -1.47. The van der Waals surface area contributed by atoms with E-state index in [-0.39, 0.29) is 37.6 Å². The number of carboxylic acids is 1.